The van der Waals surface area contributed by atoms with Crippen molar-refractivity contribution in [3.8, 4) is 5.75 Å². The van der Waals surface area contributed by atoms with E-state index in [4.69, 9.17) is 19.9 Å². The number of nitrogens with zero attached hydrogens (tertiary/aromatic N) is 4. The number of aryl methyl sites for hydroxylation is 2. The van der Waals surface area contributed by atoms with Gasteiger partial charge in [-0.15, -0.1) is 11.8 Å². The molecule has 4 aromatic rings. The Morgan fingerprint density at radius 1 is 1.18 bits per heavy atom. The molecule has 0 bridgehead atoms. The second-order valence-corrected chi connectivity index (χ2v) is 12.7. The summed E-state index contributed by atoms with van der Waals surface area (Å²) in [6.07, 6.45) is 6.53. The fraction of sp³-hybridized carbons (Fsp3) is 0.400. The Labute approximate surface area is 299 Å². The Morgan fingerprint density at radius 2 is 1.96 bits per heavy atom. The van der Waals surface area contributed by atoms with E-state index in [2.05, 4.69) is 30.6 Å². The maximum Gasteiger partial charge on any atom is 0.337 e. The number of esters is 1. The average Bonchev–Trinajstić information content (AvgIpc) is 3.73. The summed E-state index contributed by atoms with van der Waals surface area (Å²) in [7, 11) is 1.32. The summed E-state index contributed by atoms with van der Waals surface area (Å²) >= 11 is 1.44. The minimum Gasteiger partial charge on any atom is -0.491 e. The van der Waals surface area contributed by atoms with E-state index in [1.54, 1.807) is 22.9 Å². The number of rotatable bonds is 16. The number of nitrogens with two attached hydrogens (primary N) is 1. The van der Waals surface area contributed by atoms with E-state index in [0.717, 1.165) is 31.0 Å². The molecule has 272 valence electrons. The molecule has 0 spiro atoms. The number of nitrogen functional groups attached to an aromatic ring is 1. The van der Waals surface area contributed by atoms with Crippen molar-refractivity contribution >= 4 is 58.0 Å². The number of thioether (sulfide) groups is 1. The van der Waals surface area contributed by atoms with Crippen molar-refractivity contribution in [2.45, 2.75) is 38.1 Å². The average molecular weight is 721 g/mol. The van der Waals surface area contributed by atoms with Crippen LogP contribution in [0.1, 0.15) is 55.8 Å². The summed E-state index contributed by atoms with van der Waals surface area (Å²) in [5.41, 5.74) is 10.1. The summed E-state index contributed by atoms with van der Waals surface area (Å²) < 4.78 is 18.0. The smallest absolute Gasteiger partial charge is 0.337 e. The molecule has 6 N–H and O–H groups in total. The number of amides is 1. The van der Waals surface area contributed by atoms with Crippen LogP contribution in [0, 0.1) is 6.92 Å². The highest BCUT2D eigenvalue weighted by Crippen LogP contribution is 2.34. The molecule has 1 aliphatic rings. The summed E-state index contributed by atoms with van der Waals surface area (Å²) in [4.78, 5) is 48.8. The zero-order chi connectivity index (χ0) is 36.5. The number of fused-ring (bicyclic) bond motifs is 1. The summed E-state index contributed by atoms with van der Waals surface area (Å²) in [6, 6.07) is 6.48. The van der Waals surface area contributed by atoms with Crippen LogP contribution in [0.15, 0.2) is 41.3 Å². The van der Waals surface area contributed by atoms with Crippen LogP contribution in [-0.2, 0) is 22.4 Å². The molecular weight excluding hydrogens is 677 g/mol. The number of nitrogens with one attached hydrogen (secondary N) is 3. The number of ether oxygens (including phenoxy) is 3. The minimum atomic E-state index is -1.13. The molecule has 3 heterocycles. The molecule has 0 saturated carbocycles. The number of carbonyl (C=O) groups is 3. The molecule has 1 aliphatic heterocycles. The van der Waals surface area contributed by atoms with Crippen molar-refractivity contribution in [1.29, 1.82) is 0 Å². The topological polar surface area (TPSA) is 199 Å². The van der Waals surface area contributed by atoms with Crippen LogP contribution in [-0.4, -0.2) is 107 Å². The molecule has 0 atom stereocenters. The highest BCUT2D eigenvalue weighted by atomic mass is 32.2. The van der Waals surface area contributed by atoms with E-state index in [0.29, 0.717) is 83.6 Å². The van der Waals surface area contributed by atoms with E-state index >= 15 is 0 Å². The van der Waals surface area contributed by atoms with Crippen LogP contribution in [0.25, 0.3) is 11.0 Å². The molecule has 0 aliphatic carbocycles. The second kappa shape index (κ2) is 17.2. The van der Waals surface area contributed by atoms with Gasteiger partial charge in [-0.3, -0.25) is 19.7 Å². The molecule has 1 saturated heterocycles. The Bertz CT molecular complexity index is 1920. The molecular formula is C35H44N8O7S. The first-order valence-electron chi connectivity index (χ1n) is 16.7. The fourth-order valence-corrected chi connectivity index (χ4v) is 6.50. The van der Waals surface area contributed by atoms with Crippen molar-refractivity contribution in [1.82, 2.24) is 24.6 Å². The number of methoxy groups -OCH3 is 1. The van der Waals surface area contributed by atoms with Crippen molar-refractivity contribution in [2.24, 2.45) is 0 Å². The van der Waals surface area contributed by atoms with E-state index in [1.165, 1.54) is 24.9 Å². The second-order valence-electron chi connectivity index (χ2n) is 11.8. The van der Waals surface area contributed by atoms with Crippen molar-refractivity contribution < 1.29 is 33.7 Å². The van der Waals surface area contributed by atoms with Gasteiger partial charge < -0.3 is 35.4 Å². The van der Waals surface area contributed by atoms with Crippen LogP contribution >= 0.6 is 11.8 Å². The van der Waals surface area contributed by atoms with Gasteiger partial charge in [-0.2, -0.15) is 5.10 Å². The number of hydrogen-bond donors (Lipinski definition) is 5. The molecule has 51 heavy (non-hydrogen) atoms. The molecule has 16 heteroatoms. The van der Waals surface area contributed by atoms with Gasteiger partial charge >= 0.3 is 11.9 Å². The lowest BCUT2D eigenvalue weighted by Crippen LogP contribution is -2.37. The van der Waals surface area contributed by atoms with Gasteiger partial charge in [-0.1, -0.05) is 12.2 Å². The molecule has 0 radical (unpaired) electrons. The predicted octanol–water partition coefficient (Wildman–Crippen LogP) is 4.44. The van der Waals surface area contributed by atoms with Crippen LogP contribution in [0.4, 0.5) is 17.3 Å². The van der Waals surface area contributed by atoms with Gasteiger partial charge in [0.25, 0.3) is 5.91 Å². The normalized spacial score (nSPS) is 13.5. The quantitative estimate of drug-likeness (QED) is 0.0358. The number of aromatic carboxylic acids is 1. The number of carboxylic acid groups (broad SMARTS) is 1. The Balaban J connectivity index is 1.39. The number of allylic oxidation sites excluding steroid dienone is 1. The fourth-order valence-electron chi connectivity index (χ4n) is 5.86. The Morgan fingerprint density at radius 3 is 2.67 bits per heavy atom. The zero-order valence-electron chi connectivity index (χ0n) is 29.2. The number of carboxylic acids is 1. The molecule has 1 fully saturated rings. The number of anilines is 3. The molecule has 0 unspecified atom stereocenters. The van der Waals surface area contributed by atoms with Crippen LogP contribution in [0.5, 0.6) is 5.75 Å². The third kappa shape index (κ3) is 9.00. The number of hydrogen-bond acceptors (Lipinski definition) is 12. The third-order valence-corrected chi connectivity index (χ3v) is 9.13. The lowest BCUT2D eigenvalue weighted by Gasteiger charge is -2.26. The third-order valence-electron chi connectivity index (χ3n) is 8.37. The monoisotopic (exact) mass is 720 g/mol. The first-order valence-corrected chi connectivity index (χ1v) is 17.9. The van der Waals surface area contributed by atoms with Crippen LogP contribution < -0.4 is 21.1 Å². The van der Waals surface area contributed by atoms with Gasteiger partial charge in [0.1, 0.15) is 17.0 Å². The van der Waals surface area contributed by atoms with Crippen LogP contribution in [0.2, 0.25) is 0 Å². The largest absolute Gasteiger partial charge is 0.491 e. The number of benzene rings is 2. The van der Waals surface area contributed by atoms with Gasteiger partial charge in [0.05, 0.1) is 60.6 Å². The van der Waals surface area contributed by atoms with Crippen molar-refractivity contribution in [3.63, 3.8) is 0 Å². The first-order chi connectivity index (χ1) is 24.6. The van der Waals surface area contributed by atoms with Gasteiger partial charge in [0.15, 0.2) is 0 Å². The van der Waals surface area contributed by atoms with E-state index in [1.807, 2.05) is 32.3 Å². The maximum absolute atomic E-state index is 13.3. The van der Waals surface area contributed by atoms with E-state index in [9.17, 15) is 19.5 Å². The number of morpholine rings is 1. The number of aromatic amines is 1. The number of aromatic nitrogens is 4. The zero-order valence-corrected chi connectivity index (χ0v) is 30.0. The lowest BCUT2D eigenvalue weighted by atomic mass is 10.0. The minimum absolute atomic E-state index is 0.0414. The summed E-state index contributed by atoms with van der Waals surface area (Å²) in [6.45, 7) is 8.89. The Hall–Kier alpha value is -5.06. The Kier molecular flexibility index (Phi) is 12.6. The molecule has 2 aromatic carbocycles. The maximum atomic E-state index is 13.3. The molecule has 1 amide bonds. The van der Waals surface area contributed by atoms with Gasteiger partial charge in [-0.25, -0.2) is 14.6 Å². The van der Waals surface area contributed by atoms with E-state index < -0.39 is 17.8 Å². The predicted molar refractivity (Wildman–Crippen MR) is 196 cm³/mol. The first kappa shape index (κ1) is 37.2. The molecule has 2 aromatic heterocycles. The number of imidazole rings is 1. The summed E-state index contributed by atoms with van der Waals surface area (Å²) in [5, 5.41) is 20.7. The van der Waals surface area contributed by atoms with E-state index in [-0.39, 0.29) is 17.9 Å². The highest BCUT2D eigenvalue weighted by Gasteiger charge is 2.23. The lowest BCUT2D eigenvalue weighted by molar-refractivity contribution is 0.0358. The van der Waals surface area contributed by atoms with Crippen molar-refractivity contribution in [2.75, 3.05) is 75.7 Å². The SMILES string of the molecule is CCn1nc(C)cc1C(=O)Nc1nc2c(CC=CCNc3c(N)cc(C(=O)OC)cc3SC)c(C(=O)O)cc(OCCCN3CCOCC3)c2[nH]1. The van der Waals surface area contributed by atoms with Gasteiger partial charge in [0, 0.05) is 37.6 Å². The molecule has 5 rings (SSSR count). The molecule has 15 nitrogen and oxygen atoms in total. The van der Waals surface area contributed by atoms with Gasteiger partial charge in [-0.05, 0) is 62.8 Å². The number of H-pyrrole nitrogens is 1. The standard InChI is InChI=1S/C35H44N8O7S/c1-5-43-26(17-21(2)41-43)32(44)40-35-38-29-23(9-6-7-10-37-30-25(36)18-22(34(47)48-3)19-28(30)51-4)24(33(45)46)20-27(31(29)39-35)50-14-8-11-42-12-15-49-16-13-42/h6-7,17-20,37H,5,8-16,36H2,1-4H3,(H,45,46)(H2,38,39,40,44). The van der Waals surface area contributed by atoms with Crippen molar-refractivity contribution in [3.05, 3.63) is 64.5 Å². The number of carbonyl (C=O) groups excluding carboxylic acids is 2. The highest BCUT2D eigenvalue weighted by molar-refractivity contribution is 7.98. The van der Waals surface area contributed by atoms with Gasteiger partial charge in [0.2, 0.25) is 5.95 Å². The summed E-state index contributed by atoms with van der Waals surface area (Å²) in [5.74, 6) is -1.53. The van der Waals surface area contributed by atoms with Crippen LogP contribution in [0.3, 0.4) is 0 Å².